The van der Waals surface area contributed by atoms with Gasteiger partial charge in [0.25, 0.3) is 0 Å². The molecule has 1 aliphatic rings. The minimum absolute atomic E-state index is 0.403. The van der Waals surface area contributed by atoms with E-state index in [2.05, 4.69) is 0 Å². The van der Waals surface area contributed by atoms with Gasteiger partial charge in [0.15, 0.2) is 0 Å². The molecule has 1 atom stereocenters. The van der Waals surface area contributed by atoms with Gasteiger partial charge in [-0.1, -0.05) is 13.8 Å². The molecule has 1 saturated heterocycles. The third kappa shape index (κ3) is 0.991. The zero-order valence-corrected chi connectivity index (χ0v) is 7.76. The zero-order valence-electron chi connectivity index (χ0n) is 7.76. The molecule has 0 bridgehead atoms. The molecule has 0 amide bonds. The van der Waals surface area contributed by atoms with Gasteiger partial charge in [-0.2, -0.15) is 0 Å². The summed E-state index contributed by atoms with van der Waals surface area (Å²) in [4.78, 5) is 9.85. The van der Waals surface area contributed by atoms with Crippen molar-refractivity contribution < 1.29 is 14.9 Å². The van der Waals surface area contributed by atoms with E-state index in [4.69, 9.17) is 9.78 Å². The minimum atomic E-state index is -1.20. The molecule has 66 valence electrons. The molecule has 0 unspecified atom stereocenters. The largest absolute Gasteiger partial charge is 0.363 e. The molecular weight excluding hydrogens is 144 g/mol. The maximum atomic E-state index is 9.71. The summed E-state index contributed by atoms with van der Waals surface area (Å²) in [6.07, 6.45) is 0. The van der Waals surface area contributed by atoms with Crippen LogP contribution in [0.25, 0.3) is 0 Å². The molecule has 11 heavy (non-hydrogen) atoms. The monoisotopic (exact) mass is 160 g/mol. The SMILES string of the molecule is CC1(C)OO[C@](C)(O)C1(C)C. The first-order valence-corrected chi connectivity index (χ1v) is 3.80. The van der Waals surface area contributed by atoms with E-state index in [-0.39, 0.29) is 0 Å². The van der Waals surface area contributed by atoms with Crippen LogP contribution in [0, 0.1) is 5.41 Å². The second kappa shape index (κ2) is 1.97. The first-order chi connectivity index (χ1) is 4.71. The summed E-state index contributed by atoms with van der Waals surface area (Å²) in [6, 6.07) is 0. The molecule has 0 aromatic heterocycles. The van der Waals surface area contributed by atoms with E-state index in [1.807, 2.05) is 27.7 Å². The summed E-state index contributed by atoms with van der Waals surface area (Å²) >= 11 is 0. The molecule has 1 aliphatic heterocycles. The second-order valence-electron chi connectivity index (χ2n) is 4.28. The van der Waals surface area contributed by atoms with Crippen LogP contribution in [0.4, 0.5) is 0 Å². The second-order valence-corrected chi connectivity index (χ2v) is 4.28. The van der Waals surface area contributed by atoms with Crippen molar-refractivity contribution in [3.8, 4) is 0 Å². The molecular formula is C8H16O3. The normalized spacial score (nSPS) is 40.9. The highest BCUT2D eigenvalue weighted by atomic mass is 17.2. The minimum Gasteiger partial charge on any atom is -0.363 e. The predicted octanol–water partition coefficient (Wildman–Crippen LogP) is 1.46. The van der Waals surface area contributed by atoms with Gasteiger partial charge >= 0.3 is 0 Å². The topological polar surface area (TPSA) is 38.7 Å². The van der Waals surface area contributed by atoms with E-state index < -0.39 is 16.8 Å². The van der Waals surface area contributed by atoms with Gasteiger partial charge < -0.3 is 5.11 Å². The van der Waals surface area contributed by atoms with Crippen LogP contribution in [0.15, 0.2) is 0 Å². The van der Waals surface area contributed by atoms with Crippen molar-refractivity contribution in [2.45, 2.75) is 46.0 Å². The lowest BCUT2D eigenvalue weighted by molar-refractivity contribution is -0.386. The van der Waals surface area contributed by atoms with E-state index in [1.165, 1.54) is 0 Å². The molecule has 0 spiro atoms. The fourth-order valence-electron chi connectivity index (χ4n) is 0.952. The van der Waals surface area contributed by atoms with E-state index in [0.29, 0.717) is 0 Å². The molecule has 0 aromatic rings. The number of rotatable bonds is 0. The van der Waals surface area contributed by atoms with Crippen LogP contribution in [-0.2, 0) is 9.78 Å². The smallest absolute Gasteiger partial charge is 0.204 e. The quantitative estimate of drug-likeness (QED) is 0.545. The van der Waals surface area contributed by atoms with Crippen LogP contribution in [-0.4, -0.2) is 16.5 Å². The standard InChI is InChI=1S/C8H16O3/c1-6(2)7(3,4)10-11-8(6,5)9/h9H,1-5H3/t8-/m0/s1. The Morgan fingerprint density at radius 1 is 0.909 bits per heavy atom. The van der Waals surface area contributed by atoms with Crippen LogP contribution in [0.2, 0.25) is 0 Å². The number of hydrogen-bond donors (Lipinski definition) is 1. The molecule has 1 rings (SSSR count). The summed E-state index contributed by atoms with van der Waals surface area (Å²) in [5.74, 6) is -1.20. The lowest BCUT2D eigenvalue weighted by Crippen LogP contribution is -2.47. The van der Waals surface area contributed by atoms with Crippen LogP contribution >= 0.6 is 0 Å². The molecule has 3 nitrogen and oxygen atoms in total. The van der Waals surface area contributed by atoms with Gasteiger partial charge in [-0.15, -0.1) is 0 Å². The van der Waals surface area contributed by atoms with Gasteiger partial charge in [-0.05, 0) is 20.8 Å². The maximum absolute atomic E-state index is 9.71. The Kier molecular flexibility index (Phi) is 1.61. The highest BCUT2D eigenvalue weighted by molar-refractivity contribution is 4.98. The van der Waals surface area contributed by atoms with E-state index in [1.54, 1.807) is 6.92 Å². The number of aliphatic hydroxyl groups is 1. The van der Waals surface area contributed by atoms with Crippen LogP contribution in [0.3, 0.4) is 0 Å². The van der Waals surface area contributed by atoms with Crippen molar-refractivity contribution in [3.63, 3.8) is 0 Å². The summed E-state index contributed by atoms with van der Waals surface area (Å²) in [5, 5.41) is 9.71. The molecule has 1 fully saturated rings. The summed E-state index contributed by atoms with van der Waals surface area (Å²) in [7, 11) is 0. The van der Waals surface area contributed by atoms with Gasteiger partial charge in [0.2, 0.25) is 5.79 Å². The maximum Gasteiger partial charge on any atom is 0.204 e. The highest BCUT2D eigenvalue weighted by Gasteiger charge is 2.59. The highest BCUT2D eigenvalue weighted by Crippen LogP contribution is 2.49. The van der Waals surface area contributed by atoms with Gasteiger partial charge in [0.1, 0.15) is 5.60 Å². The van der Waals surface area contributed by atoms with Crippen molar-refractivity contribution in [2.75, 3.05) is 0 Å². The zero-order chi connectivity index (χ0) is 8.91. The molecule has 3 heteroatoms. The lowest BCUT2D eigenvalue weighted by Gasteiger charge is -2.35. The third-order valence-corrected chi connectivity index (χ3v) is 3.08. The van der Waals surface area contributed by atoms with E-state index in [0.717, 1.165) is 0 Å². The van der Waals surface area contributed by atoms with Crippen molar-refractivity contribution in [1.29, 1.82) is 0 Å². The third-order valence-electron chi connectivity index (χ3n) is 3.08. The summed E-state index contributed by atoms with van der Waals surface area (Å²) in [5.41, 5.74) is -0.851. The van der Waals surface area contributed by atoms with Gasteiger partial charge in [-0.3, -0.25) is 0 Å². The predicted molar refractivity (Wildman–Crippen MR) is 40.7 cm³/mol. The van der Waals surface area contributed by atoms with Crippen LogP contribution in [0.1, 0.15) is 34.6 Å². The lowest BCUT2D eigenvalue weighted by atomic mass is 9.72. The Morgan fingerprint density at radius 3 is 1.45 bits per heavy atom. The Morgan fingerprint density at radius 2 is 1.36 bits per heavy atom. The van der Waals surface area contributed by atoms with Crippen LogP contribution in [0.5, 0.6) is 0 Å². The molecule has 1 N–H and O–H groups in total. The molecule has 0 aliphatic carbocycles. The Balaban J connectivity index is 3.00. The van der Waals surface area contributed by atoms with Gasteiger partial charge in [-0.25, -0.2) is 9.78 Å². The Hall–Kier alpha value is -0.120. The first kappa shape index (κ1) is 8.97. The summed E-state index contributed by atoms with van der Waals surface area (Å²) in [6.45, 7) is 9.24. The van der Waals surface area contributed by atoms with Crippen molar-refractivity contribution >= 4 is 0 Å². The molecule has 0 aromatic carbocycles. The molecule has 0 saturated carbocycles. The fourth-order valence-corrected chi connectivity index (χ4v) is 0.952. The molecule has 0 radical (unpaired) electrons. The Bertz CT molecular complexity index is 152. The van der Waals surface area contributed by atoms with Crippen molar-refractivity contribution in [1.82, 2.24) is 0 Å². The average Bonchev–Trinajstić information content (AvgIpc) is 1.93. The Labute approximate surface area is 67.2 Å². The number of hydrogen-bond acceptors (Lipinski definition) is 3. The van der Waals surface area contributed by atoms with Gasteiger partial charge in [0, 0.05) is 0 Å². The fraction of sp³-hybridized carbons (Fsp3) is 1.00. The van der Waals surface area contributed by atoms with Crippen molar-refractivity contribution in [2.24, 2.45) is 5.41 Å². The van der Waals surface area contributed by atoms with E-state index in [9.17, 15) is 5.11 Å². The van der Waals surface area contributed by atoms with Crippen molar-refractivity contribution in [3.05, 3.63) is 0 Å². The molecule has 1 heterocycles. The van der Waals surface area contributed by atoms with Gasteiger partial charge in [0.05, 0.1) is 5.41 Å². The van der Waals surface area contributed by atoms with Crippen LogP contribution < -0.4 is 0 Å². The first-order valence-electron chi connectivity index (χ1n) is 3.80. The average molecular weight is 160 g/mol. The van der Waals surface area contributed by atoms with E-state index >= 15 is 0 Å². The summed E-state index contributed by atoms with van der Waals surface area (Å²) < 4.78 is 0.